The molecule has 7 nitrogen and oxygen atoms in total. The summed E-state index contributed by atoms with van der Waals surface area (Å²) < 4.78 is 3.50. The quantitative estimate of drug-likeness (QED) is 0.473. The van der Waals surface area contributed by atoms with Crippen molar-refractivity contribution in [2.24, 2.45) is 0 Å². The largest absolute Gasteiger partial charge is 0.317 e. The van der Waals surface area contributed by atoms with Crippen molar-refractivity contribution >= 4 is 34.1 Å². The molecule has 0 spiro atoms. The van der Waals surface area contributed by atoms with Crippen LogP contribution in [0.3, 0.4) is 0 Å². The summed E-state index contributed by atoms with van der Waals surface area (Å²) in [6.45, 7) is 6.83. The van der Waals surface area contributed by atoms with Crippen molar-refractivity contribution in [1.29, 1.82) is 0 Å². The molecule has 0 radical (unpaired) electrons. The third-order valence-electron chi connectivity index (χ3n) is 5.51. The molecule has 0 unspecified atom stereocenters. The number of hydrogen-bond donors (Lipinski definition) is 1. The van der Waals surface area contributed by atoms with Gasteiger partial charge < -0.3 is 5.32 Å². The van der Waals surface area contributed by atoms with Gasteiger partial charge in [-0.2, -0.15) is 10.2 Å². The Kier molecular flexibility index (Phi) is 6.10. The second-order valence-corrected chi connectivity index (χ2v) is 8.05. The van der Waals surface area contributed by atoms with Gasteiger partial charge >= 0.3 is 0 Å². The molecular weight excluding hydrogens is 426 g/mol. The van der Waals surface area contributed by atoms with Crippen LogP contribution in [0.4, 0.5) is 5.69 Å². The Labute approximate surface area is 190 Å². The summed E-state index contributed by atoms with van der Waals surface area (Å²) in [4.78, 5) is 26.1. The van der Waals surface area contributed by atoms with Gasteiger partial charge in [-0.05, 0) is 51.0 Å². The van der Waals surface area contributed by atoms with E-state index in [9.17, 15) is 9.59 Å². The van der Waals surface area contributed by atoms with E-state index in [4.69, 9.17) is 11.6 Å². The topological polar surface area (TPSA) is 81.8 Å². The second-order valence-electron chi connectivity index (χ2n) is 7.61. The molecule has 1 N–H and O–H groups in total. The van der Waals surface area contributed by atoms with E-state index in [-0.39, 0.29) is 5.69 Å². The zero-order chi connectivity index (χ0) is 22.8. The summed E-state index contributed by atoms with van der Waals surface area (Å²) in [6.07, 6.45) is 0.824. The lowest BCUT2D eigenvalue weighted by atomic mass is 10.1. The van der Waals surface area contributed by atoms with Crippen molar-refractivity contribution < 1.29 is 4.79 Å². The van der Waals surface area contributed by atoms with Gasteiger partial charge in [0, 0.05) is 18.1 Å². The maximum Gasteiger partial charge on any atom is 0.280 e. The Morgan fingerprint density at radius 1 is 1.06 bits per heavy atom. The summed E-state index contributed by atoms with van der Waals surface area (Å²) >= 11 is 6.09. The van der Waals surface area contributed by atoms with Crippen LogP contribution in [0.5, 0.6) is 0 Å². The zero-order valence-corrected chi connectivity index (χ0v) is 19.0. The fourth-order valence-electron chi connectivity index (χ4n) is 3.80. The highest BCUT2D eigenvalue weighted by molar-refractivity contribution is 6.31. The van der Waals surface area contributed by atoms with Gasteiger partial charge in [-0.3, -0.25) is 19.0 Å². The average Bonchev–Trinajstić information content (AvgIpc) is 3.06. The van der Waals surface area contributed by atoms with Gasteiger partial charge in [0.1, 0.15) is 0 Å². The van der Waals surface area contributed by atoms with E-state index in [0.717, 1.165) is 12.1 Å². The van der Waals surface area contributed by atoms with Gasteiger partial charge in [-0.15, -0.1) is 0 Å². The van der Waals surface area contributed by atoms with Crippen molar-refractivity contribution in [1.82, 2.24) is 19.6 Å². The van der Waals surface area contributed by atoms with Crippen LogP contribution in [-0.2, 0) is 19.5 Å². The zero-order valence-electron chi connectivity index (χ0n) is 18.2. The number of aryl methyl sites for hydroxylation is 4. The SMILES string of the molecule is CCn1nc(C(=O)Nc2c(C)nn(CCc3ccccc3)c2C)c(=O)c2cc(Cl)ccc21. The van der Waals surface area contributed by atoms with Crippen LogP contribution in [-0.4, -0.2) is 25.5 Å². The number of amides is 1. The molecule has 164 valence electrons. The minimum absolute atomic E-state index is 0.169. The molecule has 0 saturated heterocycles. The van der Waals surface area contributed by atoms with Gasteiger partial charge in [-0.1, -0.05) is 41.9 Å². The number of halogens is 1. The summed E-state index contributed by atoms with van der Waals surface area (Å²) in [7, 11) is 0. The fraction of sp³-hybridized carbons (Fsp3) is 0.250. The number of nitrogens with one attached hydrogen (secondary N) is 1. The molecule has 2 heterocycles. The highest BCUT2D eigenvalue weighted by Gasteiger charge is 2.21. The van der Waals surface area contributed by atoms with Crippen LogP contribution in [0.1, 0.15) is 34.4 Å². The number of fused-ring (bicyclic) bond motifs is 1. The first kappa shape index (κ1) is 21.8. The molecule has 2 aromatic carbocycles. The normalized spacial score (nSPS) is 11.1. The fourth-order valence-corrected chi connectivity index (χ4v) is 3.97. The van der Waals surface area contributed by atoms with Crippen molar-refractivity contribution in [3.63, 3.8) is 0 Å². The van der Waals surface area contributed by atoms with Crippen LogP contribution >= 0.6 is 11.6 Å². The van der Waals surface area contributed by atoms with Crippen molar-refractivity contribution in [2.45, 2.75) is 40.3 Å². The van der Waals surface area contributed by atoms with Crippen LogP contribution < -0.4 is 10.7 Å². The van der Waals surface area contributed by atoms with Gasteiger partial charge in [-0.25, -0.2) is 0 Å². The van der Waals surface area contributed by atoms with Crippen LogP contribution in [0.25, 0.3) is 10.9 Å². The first-order chi connectivity index (χ1) is 15.4. The van der Waals surface area contributed by atoms with E-state index in [1.54, 1.807) is 22.9 Å². The van der Waals surface area contributed by atoms with Crippen LogP contribution in [0, 0.1) is 13.8 Å². The smallest absolute Gasteiger partial charge is 0.280 e. The second kappa shape index (κ2) is 8.96. The first-order valence-electron chi connectivity index (χ1n) is 10.5. The number of anilines is 1. The summed E-state index contributed by atoms with van der Waals surface area (Å²) in [5.41, 5.74) is 3.34. The number of aromatic nitrogens is 4. The highest BCUT2D eigenvalue weighted by atomic mass is 35.5. The Bertz CT molecular complexity index is 1360. The molecule has 0 bridgehead atoms. The third-order valence-corrected chi connectivity index (χ3v) is 5.74. The van der Waals surface area contributed by atoms with Gasteiger partial charge in [0.15, 0.2) is 5.69 Å². The Hall–Kier alpha value is -3.45. The number of benzene rings is 2. The van der Waals surface area contributed by atoms with Crippen molar-refractivity contribution in [3.8, 4) is 0 Å². The number of rotatable bonds is 6. The summed E-state index contributed by atoms with van der Waals surface area (Å²) in [5.74, 6) is -0.562. The lowest BCUT2D eigenvalue weighted by molar-refractivity contribution is 0.101. The molecule has 0 atom stereocenters. The van der Waals surface area contributed by atoms with E-state index in [1.807, 2.05) is 43.7 Å². The molecular formula is C24H24ClN5O2. The predicted octanol–water partition coefficient (Wildman–Crippen LogP) is 4.38. The molecule has 0 saturated carbocycles. The number of carbonyl (C=O) groups is 1. The van der Waals surface area contributed by atoms with Gasteiger partial charge in [0.25, 0.3) is 5.91 Å². The molecule has 0 fully saturated rings. The van der Waals surface area contributed by atoms with E-state index in [1.165, 1.54) is 5.56 Å². The molecule has 32 heavy (non-hydrogen) atoms. The Morgan fingerprint density at radius 3 is 2.53 bits per heavy atom. The van der Waals surface area contributed by atoms with E-state index in [0.29, 0.717) is 40.4 Å². The van der Waals surface area contributed by atoms with Gasteiger partial charge in [0.05, 0.1) is 28.0 Å². The predicted molar refractivity (Wildman–Crippen MR) is 126 cm³/mol. The van der Waals surface area contributed by atoms with Gasteiger partial charge in [0.2, 0.25) is 5.43 Å². The Balaban J connectivity index is 1.63. The first-order valence-corrected chi connectivity index (χ1v) is 10.9. The minimum atomic E-state index is -0.562. The minimum Gasteiger partial charge on any atom is -0.317 e. The Morgan fingerprint density at radius 2 is 1.81 bits per heavy atom. The standard InChI is InChI=1S/C24H24ClN5O2/c1-4-29-20-11-10-18(25)14-19(20)23(31)22(28-29)24(32)26-21-15(2)27-30(16(21)3)13-12-17-8-6-5-7-9-17/h5-11,14H,4,12-13H2,1-3H3,(H,26,32). The van der Waals surface area contributed by atoms with Crippen LogP contribution in [0.2, 0.25) is 5.02 Å². The molecule has 4 aromatic rings. The monoisotopic (exact) mass is 449 g/mol. The molecule has 8 heteroatoms. The molecule has 0 aliphatic carbocycles. The van der Waals surface area contributed by atoms with Crippen LogP contribution in [0.15, 0.2) is 53.3 Å². The van der Waals surface area contributed by atoms with E-state index >= 15 is 0 Å². The molecule has 0 aliphatic rings. The molecule has 1 amide bonds. The molecule has 0 aliphatic heterocycles. The average molecular weight is 450 g/mol. The summed E-state index contributed by atoms with van der Waals surface area (Å²) in [5, 5.41) is 12.5. The lowest BCUT2D eigenvalue weighted by Gasteiger charge is -2.11. The van der Waals surface area contributed by atoms with E-state index < -0.39 is 11.3 Å². The van der Waals surface area contributed by atoms with E-state index in [2.05, 4.69) is 27.6 Å². The lowest BCUT2D eigenvalue weighted by Crippen LogP contribution is -2.27. The third kappa shape index (κ3) is 4.16. The number of hydrogen-bond acceptors (Lipinski definition) is 4. The molecule has 2 aromatic heterocycles. The summed E-state index contributed by atoms with van der Waals surface area (Å²) in [6, 6.07) is 15.2. The van der Waals surface area contributed by atoms with Crippen molar-refractivity contribution in [3.05, 3.63) is 86.4 Å². The number of carbonyl (C=O) groups excluding carboxylic acids is 1. The highest BCUT2D eigenvalue weighted by Crippen LogP contribution is 2.21. The maximum atomic E-state index is 13.1. The molecule has 4 rings (SSSR count). The number of nitrogens with zero attached hydrogens (tertiary/aromatic N) is 4. The van der Waals surface area contributed by atoms with Crippen molar-refractivity contribution in [2.75, 3.05) is 5.32 Å². The maximum absolute atomic E-state index is 13.1.